The van der Waals surface area contributed by atoms with Gasteiger partial charge in [-0.25, -0.2) is 0 Å². The molecule has 0 bridgehead atoms. The number of nitrogens with zero attached hydrogens (tertiary/aromatic N) is 3. The van der Waals surface area contributed by atoms with E-state index in [-0.39, 0.29) is 30.2 Å². The molecule has 0 aliphatic carbocycles. The van der Waals surface area contributed by atoms with Gasteiger partial charge in [0.2, 0.25) is 0 Å². The number of rotatable bonds is 6. The normalized spacial score (nSPS) is 12.6. The third-order valence-corrected chi connectivity index (χ3v) is 4.63. The van der Waals surface area contributed by atoms with E-state index < -0.39 is 16.8 Å². The van der Waals surface area contributed by atoms with Crippen LogP contribution in [0.4, 0.5) is 0 Å². The number of hydrogen-bond donors (Lipinski definition) is 1. The molecule has 3 rings (SSSR count). The number of nitroso groups, excluding NO2 is 2. The van der Waals surface area contributed by atoms with Crippen molar-refractivity contribution >= 4 is 5.91 Å². The minimum atomic E-state index is -1.11. The van der Waals surface area contributed by atoms with E-state index in [1.54, 1.807) is 10.6 Å². The lowest BCUT2D eigenvalue weighted by Crippen LogP contribution is -2.24. The summed E-state index contributed by atoms with van der Waals surface area (Å²) in [5.41, 5.74) is 0.677. The Bertz CT molecular complexity index is 1030. The number of carbonyl (C=O) groups is 1. The molecule has 2 aromatic rings. The van der Waals surface area contributed by atoms with Crippen LogP contribution in [0.5, 0.6) is 11.5 Å². The molecule has 146 valence electrons. The van der Waals surface area contributed by atoms with E-state index in [0.29, 0.717) is 24.2 Å². The van der Waals surface area contributed by atoms with Gasteiger partial charge in [-0.3, -0.25) is 9.59 Å². The van der Waals surface area contributed by atoms with Gasteiger partial charge in [-0.2, -0.15) is 4.91 Å². The van der Waals surface area contributed by atoms with Crippen LogP contribution in [0.25, 0.3) is 11.3 Å². The maximum Gasteiger partial charge on any atom is 0.322 e. The molecule has 0 fully saturated rings. The predicted molar refractivity (Wildman–Crippen MR) is 102 cm³/mol. The van der Waals surface area contributed by atoms with Gasteiger partial charge in [0.15, 0.2) is 16.9 Å². The molecule has 1 aromatic carbocycles. The minimum Gasteiger partial charge on any atom is -0.504 e. The highest BCUT2D eigenvalue weighted by Crippen LogP contribution is 2.38. The third-order valence-electron chi connectivity index (χ3n) is 4.63. The maximum atomic E-state index is 12.2. The van der Waals surface area contributed by atoms with Gasteiger partial charge in [0.05, 0.1) is 18.8 Å². The number of hydrogen-bond acceptors (Lipinski definition) is 7. The van der Waals surface area contributed by atoms with Crippen LogP contribution in [0, 0.1) is 15.2 Å². The molecule has 1 aromatic heterocycles. The topological polar surface area (TPSA) is 127 Å². The Labute approximate surface area is 159 Å². The number of phenolic OH excluding ortho intramolecular Hbond substituents is 1. The van der Waals surface area contributed by atoms with Crippen molar-refractivity contribution in [3.63, 3.8) is 0 Å². The highest BCUT2D eigenvalue weighted by molar-refractivity contribution is 5.94. The lowest BCUT2D eigenvalue weighted by molar-refractivity contribution is 0.0999. The first-order chi connectivity index (χ1) is 13.3. The van der Waals surface area contributed by atoms with E-state index >= 15 is 0 Å². The Kier molecular flexibility index (Phi) is 5.08. The maximum absolute atomic E-state index is 12.2. The average molecular weight is 385 g/mol. The molecule has 1 amide bonds. The molecule has 0 radical (unpaired) electrons. The van der Waals surface area contributed by atoms with Gasteiger partial charge in [0.1, 0.15) is 5.56 Å². The summed E-state index contributed by atoms with van der Waals surface area (Å²) in [5.74, 6) is -0.931. The molecule has 1 aliphatic heterocycles. The zero-order chi connectivity index (χ0) is 20.5. The number of aryl methyl sites for hydroxylation is 2. The molecule has 0 atom stereocenters. The van der Waals surface area contributed by atoms with Crippen molar-refractivity contribution < 1.29 is 14.6 Å². The number of aromatic hydroxyl groups is 1. The third kappa shape index (κ3) is 3.68. The first-order valence-corrected chi connectivity index (χ1v) is 8.66. The SMILES string of the molecule is CC(C)(CN=O)COc1cc2c(cc1O)-c1cc(=O)c(C(=O)N=O)cn1CC2. The molecular formula is C19H19N3O6. The Morgan fingerprint density at radius 2 is 2.04 bits per heavy atom. The number of carbonyl (C=O) groups excluding carboxylic acids is 1. The lowest BCUT2D eigenvalue weighted by Gasteiger charge is -2.25. The summed E-state index contributed by atoms with van der Waals surface area (Å²) >= 11 is 0. The van der Waals surface area contributed by atoms with Gasteiger partial charge in [0, 0.05) is 35.0 Å². The summed E-state index contributed by atoms with van der Waals surface area (Å²) in [6, 6.07) is 4.46. The summed E-state index contributed by atoms with van der Waals surface area (Å²) in [6.07, 6.45) is 1.89. The summed E-state index contributed by atoms with van der Waals surface area (Å²) in [4.78, 5) is 44.6. The monoisotopic (exact) mass is 385 g/mol. The Hall–Kier alpha value is -3.36. The standard InChI is InChI=1S/C19H19N3O6/c1-19(2,9-20-26)10-28-17-5-11-3-4-22-8-13(18(25)21-27)15(23)7-14(22)12(11)6-16(17)24/h5-8,24H,3-4,9-10H2,1-2H3. The first-order valence-electron chi connectivity index (χ1n) is 8.66. The summed E-state index contributed by atoms with van der Waals surface area (Å²) in [5, 5.41) is 15.6. The van der Waals surface area contributed by atoms with Gasteiger partial charge < -0.3 is 14.4 Å². The van der Waals surface area contributed by atoms with Gasteiger partial charge in [-0.1, -0.05) is 19.0 Å². The molecule has 1 N–H and O–H groups in total. The van der Waals surface area contributed by atoms with Crippen LogP contribution in [-0.2, 0) is 13.0 Å². The second-order valence-electron chi connectivity index (χ2n) is 7.49. The van der Waals surface area contributed by atoms with Crippen LogP contribution in [0.1, 0.15) is 29.8 Å². The molecule has 2 heterocycles. The first kappa shape index (κ1) is 19.4. The quantitative estimate of drug-likeness (QED) is 0.762. The van der Waals surface area contributed by atoms with Crippen molar-refractivity contribution in [1.29, 1.82) is 0 Å². The second-order valence-corrected chi connectivity index (χ2v) is 7.49. The van der Waals surface area contributed by atoms with Crippen molar-refractivity contribution in [2.75, 3.05) is 13.2 Å². The molecule has 28 heavy (non-hydrogen) atoms. The van der Waals surface area contributed by atoms with Gasteiger partial charge >= 0.3 is 5.91 Å². The largest absolute Gasteiger partial charge is 0.504 e. The Morgan fingerprint density at radius 1 is 1.29 bits per heavy atom. The van der Waals surface area contributed by atoms with Crippen molar-refractivity contribution in [2.24, 2.45) is 15.8 Å². The fraction of sp³-hybridized carbons (Fsp3) is 0.368. The summed E-state index contributed by atoms with van der Waals surface area (Å²) in [7, 11) is 0. The smallest absolute Gasteiger partial charge is 0.322 e. The van der Waals surface area contributed by atoms with Crippen molar-refractivity contribution in [3.8, 4) is 22.8 Å². The molecule has 0 saturated carbocycles. The summed E-state index contributed by atoms with van der Waals surface area (Å²) in [6.45, 7) is 4.43. The Morgan fingerprint density at radius 3 is 2.71 bits per heavy atom. The number of aromatic nitrogens is 1. The van der Waals surface area contributed by atoms with Crippen LogP contribution in [0.15, 0.2) is 39.5 Å². The fourth-order valence-corrected chi connectivity index (χ4v) is 3.11. The van der Waals surface area contributed by atoms with Crippen LogP contribution >= 0.6 is 0 Å². The van der Waals surface area contributed by atoms with Crippen LogP contribution in [-0.4, -0.2) is 28.7 Å². The molecular weight excluding hydrogens is 366 g/mol. The van der Waals surface area contributed by atoms with E-state index in [0.717, 1.165) is 5.56 Å². The number of benzene rings is 1. The number of pyridine rings is 1. The number of fused-ring (bicyclic) bond motifs is 3. The zero-order valence-electron chi connectivity index (χ0n) is 15.5. The van der Waals surface area contributed by atoms with E-state index in [2.05, 4.69) is 10.4 Å². The molecule has 0 unspecified atom stereocenters. The zero-order valence-corrected chi connectivity index (χ0v) is 15.5. The minimum absolute atomic E-state index is 0.0890. The van der Waals surface area contributed by atoms with Crippen molar-refractivity contribution in [3.05, 3.63) is 55.6 Å². The van der Waals surface area contributed by atoms with Crippen LogP contribution in [0.3, 0.4) is 0 Å². The fourth-order valence-electron chi connectivity index (χ4n) is 3.11. The number of ether oxygens (including phenoxy) is 1. The Balaban J connectivity index is 1.96. The average Bonchev–Trinajstić information content (AvgIpc) is 2.65. The van der Waals surface area contributed by atoms with E-state index in [4.69, 9.17) is 4.74 Å². The van der Waals surface area contributed by atoms with Gasteiger partial charge in [-0.15, -0.1) is 4.91 Å². The van der Waals surface area contributed by atoms with Crippen LogP contribution in [0.2, 0.25) is 0 Å². The lowest BCUT2D eigenvalue weighted by atomic mass is 9.94. The predicted octanol–water partition coefficient (Wildman–Crippen LogP) is 2.86. The van der Waals surface area contributed by atoms with Gasteiger partial charge in [0.25, 0.3) is 0 Å². The molecule has 0 saturated heterocycles. The molecule has 1 aliphatic rings. The molecule has 0 spiro atoms. The van der Waals surface area contributed by atoms with Crippen molar-refractivity contribution in [1.82, 2.24) is 4.57 Å². The molecule has 9 nitrogen and oxygen atoms in total. The van der Waals surface area contributed by atoms with E-state index in [9.17, 15) is 24.5 Å². The van der Waals surface area contributed by atoms with E-state index in [1.807, 2.05) is 13.8 Å². The van der Waals surface area contributed by atoms with Crippen LogP contribution < -0.4 is 10.2 Å². The number of phenols is 1. The van der Waals surface area contributed by atoms with E-state index in [1.165, 1.54) is 18.3 Å². The number of amides is 1. The second kappa shape index (κ2) is 7.34. The van der Waals surface area contributed by atoms with Crippen molar-refractivity contribution in [2.45, 2.75) is 26.8 Å². The highest BCUT2D eigenvalue weighted by atomic mass is 16.5. The molecule has 9 heteroatoms. The highest BCUT2D eigenvalue weighted by Gasteiger charge is 2.24. The summed E-state index contributed by atoms with van der Waals surface area (Å²) < 4.78 is 7.37. The van der Waals surface area contributed by atoms with Gasteiger partial charge in [-0.05, 0) is 24.1 Å².